The Hall–Kier alpha value is -1.40. The van der Waals surface area contributed by atoms with Crippen LogP contribution in [0.5, 0.6) is 0 Å². The molecule has 1 aliphatic rings. The van der Waals surface area contributed by atoms with E-state index in [1.807, 2.05) is 6.92 Å². The van der Waals surface area contributed by atoms with Gasteiger partial charge >= 0.3 is 0 Å². The van der Waals surface area contributed by atoms with E-state index in [2.05, 4.69) is 10.6 Å². The molecule has 1 aliphatic heterocycles. The highest BCUT2D eigenvalue weighted by molar-refractivity contribution is 7.90. The molecule has 1 amide bonds. The largest absolute Gasteiger partial charge is 0.324 e. The van der Waals surface area contributed by atoms with Crippen molar-refractivity contribution in [2.24, 2.45) is 0 Å². The van der Waals surface area contributed by atoms with Crippen molar-refractivity contribution < 1.29 is 13.2 Å². The monoisotopic (exact) mass is 296 g/mol. The average molecular weight is 296 g/mol. The Morgan fingerprint density at radius 1 is 1.25 bits per heavy atom. The third kappa shape index (κ3) is 3.37. The molecule has 6 heteroatoms. The SMILES string of the molecule is CC1(C(=O)Nc2ccc(S(C)(=O)=O)cc2)CCCCN1. The lowest BCUT2D eigenvalue weighted by Crippen LogP contribution is -2.54. The molecule has 110 valence electrons. The molecule has 0 spiro atoms. The van der Waals surface area contributed by atoms with Gasteiger partial charge in [0.05, 0.1) is 10.4 Å². The molecule has 1 fully saturated rings. The van der Waals surface area contributed by atoms with E-state index in [0.717, 1.165) is 32.1 Å². The third-order valence-corrected chi connectivity index (χ3v) is 4.79. The predicted octanol–water partition coefficient (Wildman–Crippen LogP) is 1.56. The highest BCUT2D eigenvalue weighted by atomic mass is 32.2. The number of nitrogens with one attached hydrogen (secondary N) is 2. The Kier molecular flexibility index (Phi) is 4.15. The number of hydrogen-bond donors (Lipinski definition) is 2. The summed E-state index contributed by atoms with van der Waals surface area (Å²) in [7, 11) is -3.21. The second-order valence-corrected chi connectivity index (χ2v) is 7.48. The van der Waals surface area contributed by atoms with Gasteiger partial charge in [-0.3, -0.25) is 4.79 Å². The number of amides is 1. The summed E-state index contributed by atoms with van der Waals surface area (Å²) in [5.74, 6) is -0.0793. The van der Waals surface area contributed by atoms with Crippen LogP contribution in [0.1, 0.15) is 26.2 Å². The smallest absolute Gasteiger partial charge is 0.244 e. The fraction of sp³-hybridized carbons (Fsp3) is 0.500. The van der Waals surface area contributed by atoms with E-state index in [4.69, 9.17) is 0 Å². The van der Waals surface area contributed by atoms with Crippen LogP contribution in [0.3, 0.4) is 0 Å². The van der Waals surface area contributed by atoms with Crippen LogP contribution in [0.25, 0.3) is 0 Å². The highest BCUT2D eigenvalue weighted by Gasteiger charge is 2.34. The fourth-order valence-electron chi connectivity index (χ4n) is 2.30. The normalized spacial score (nSPS) is 23.3. The number of carbonyl (C=O) groups excluding carboxylic acids is 1. The molecule has 1 aromatic carbocycles. The van der Waals surface area contributed by atoms with Gasteiger partial charge in [-0.1, -0.05) is 0 Å². The molecular weight excluding hydrogens is 276 g/mol. The number of hydrogen-bond acceptors (Lipinski definition) is 4. The molecule has 0 aromatic heterocycles. The molecule has 0 saturated carbocycles. The van der Waals surface area contributed by atoms with E-state index in [1.54, 1.807) is 12.1 Å². The summed E-state index contributed by atoms with van der Waals surface area (Å²) in [6, 6.07) is 6.23. The zero-order valence-corrected chi connectivity index (χ0v) is 12.6. The number of benzene rings is 1. The van der Waals surface area contributed by atoms with Crippen molar-refractivity contribution in [1.82, 2.24) is 5.32 Å². The minimum atomic E-state index is -3.21. The second kappa shape index (κ2) is 5.54. The lowest BCUT2D eigenvalue weighted by Gasteiger charge is -2.33. The topological polar surface area (TPSA) is 75.3 Å². The summed E-state index contributed by atoms with van der Waals surface area (Å²) in [4.78, 5) is 12.5. The number of anilines is 1. The number of carbonyl (C=O) groups is 1. The van der Waals surface area contributed by atoms with Gasteiger partial charge in [0.2, 0.25) is 5.91 Å². The Balaban J connectivity index is 2.08. The van der Waals surface area contributed by atoms with Crippen LogP contribution in [-0.2, 0) is 14.6 Å². The molecule has 1 saturated heterocycles. The molecule has 2 N–H and O–H groups in total. The summed E-state index contributed by atoms with van der Waals surface area (Å²) in [5, 5.41) is 6.08. The predicted molar refractivity (Wildman–Crippen MR) is 78.4 cm³/mol. The van der Waals surface area contributed by atoms with E-state index in [-0.39, 0.29) is 10.8 Å². The fourth-order valence-corrected chi connectivity index (χ4v) is 2.94. The summed E-state index contributed by atoms with van der Waals surface area (Å²) in [5.41, 5.74) is 0.0595. The van der Waals surface area contributed by atoms with Crippen molar-refractivity contribution >= 4 is 21.4 Å². The summed E-state index contributed by atoms with van der Waals surface area (Å²) in [6.07, 6.45) is 4.09. The van der Waals surface area contributed by atoms with E-state index in [0.29, 0.717) is 5.69 Å². The molecule has 1 unspecified atom stereocenters. The summed E-state index contributed by atoms with van der Waals surface area (Å²) >= 11 is 0. The number of sulfone groups is 1. The summed E-state index contributed by atoms with van der Waals surface area (Å²) in [6.45, 7) is 2.74. The van der Waals surface area contributed by atoms with Crippen LogP contribution in [-0.4, -0.2) is 32.7 Å². The molecule has 1 atom stereocenters. The van der Waals surface area contributed by atoms with Crippen molar-refractivity contribution in [3.05, 3.63) is 24.3 Å². The molecule has 20 heavy (non-hydrogen) atoms. The molecule has 1 aromatic rings. The van der Waals surface area contributed by atoms with E-state index in [9.17, 15) is 13.2 Å². The molecule has 0 aliphatic carbocycles. The van der Waals surface area contributed by atoms with Crippen LogP contribution >= 0.6 is 0 Å². The zero-order chi connectivity index (χ0) is 14.8. The van der Waals surface area contributed by atoms with Gasteiger partial charge in [-0.2, -0.15) is 0 Å². The van der Waals surface area contributed by atoms with Crippen molar-refractivity contribution in [1.29, 1.82) is 0 Å². The first-order valence-electron chi connectivity index (χ1n) is 6.68. The molecule has 1 heterocycles. The lowest BCUT2D eigenvalue weighted by molar-refractivity contribution is -0.122. The van der Waals surface area contributed by atoms with E-state index >= 15 is 0 Å². The quantitative estimate of drug-likeness (QED) is 0.887. The summed E-state index contributed by atoms with van der Waals surface area (Å²) < 4.78 is 22.7. The first kappa shape index (κ1) is 15.0. The Morgan fingerprint density at radius 2 is 1.90 bits per heavy atom. The van der Waals surface area contributed by atoms with Crippen LogP contribution in [0, 0.1) is 0 Å². The van der Waals surface area contributed by atoms with Gasteiger partial charge in [-0.15, -0.1) is 0 Å². The maximum absolute atomic E-state index is 12.3. The minimum Gasteiger partial charge on any atom is -0.324 e. The van der Waals surface area contributed by atoms with Gasteiger partial charge in [0.25, 0.3) is 0 Å². The van der Waals surface area contributed by atoms with Crippen LogP contribution < -0.4 is 10.6 Å². The Bertz CT molecular complexity index is 587. The minimum absolute atomic E-state index is 0.0793. The molecule has 0 radical (unpaired) electrons. The first-order valence-corrected chi connectivity index (χ1v) is 8.57. The second-order valence-electron chi connectivity index (χ2n) is 5.47. The Morgan fingerprint density at radius 3 is 2.40 bits per heavy atom. The lowest BCUT2D eigenvalue weighted by atomic mass is 9.90. The van der Waals surface area contributed by atoms with Gasteiger partial charge in [0.1, 0.15) is 0 Å². The van der Waals surface area contributed by atoms with Gasteiger partial charge in [0.15, 0.2) is 9.84 Å². The Labute approximate surface area is 119 Å². The van der Waals surface area contributed by atoms with Gasteiger partial charge in [-0.05, 0) is 57.0 Å². The molecule has 2 rings (SSSR count). The zero-order valence-electron chi connectivity index (χ0n) is 11.8. The van der Waals surface area contributed by atoms with Crippen LogP contribution in [0.15, 0.2) is 29.2 Å². The van der Waals surface area contributed by atoms with E-state index < -0.39 is 15.4 Å². The number of rotatable bonds is 3. The van der Waals surface area contributed by atoms with Gasteiger partial charge in [-0.25, -0.2) is 8.42 Å². The maximum Gasteiger partial charge on any atom is 0.244 e. The van der Waals surface area contributed by atoms with Crippen LogP contribution in [0.4, 0.5) is 5.69 Å². The van der Waals surface area contributed by atoms with Gasteiger partial charge in [0, 0.05) is 11.9 Å². The highest BCUT2D eigenvalue weighted by Crippen LogP contribution is 2.21. The van der Waals surface area contributed by atoms with Gasteiger partial charge < -0.3 is 10.6 Å². The number of piperidine rings is 1. The molecular formula is C14H20N2O3S. The standard InChI is InChI=1S/C14H20N2O3S/c1-14(9-3-4-10-15-14)13(17)16-11-5-7-12(8-6-11)20(2,18)19/h5-8,15H,3-4,9-10H2,1-2H3,(H,16,17). The first-order chi connectivity index (χ1) is 9.31. The third-order valence-electron chi connectivity index (χ3n) is 3.66. The van der Waals surface area contributed by atoms with E-state index in [1.165, 1.54) is 12.1 Å². The van der Waals surface area contributed by atoms with Crippen LogP contribution in [0.2, 0.25) is 0 Å². The molecule has 0 bridgehead atoms. The van der Waals surface area contributed by atoms with Crippen molar-refractivity contribution in [3.63, 3.8) is 0 Å². The maximum atomic E-state index is 12.3. The van der Waals surface area contributed by atoms with Crippen molar-refractivity contribution in [3.8, 4) is 0 Å². The van der Waals surface area contributed by atoms with Crippen molar-refractivity contribution in [2.75, 3.05) is 18.1 Å². The average Bonchev–Trinajstić information content (AvgIpc) is 2.39. The molecule has 5 nitrogen and oxygen atoms in total. The van der Waals surface area contributed by atoms with Crippen molar-refractivity contribution in [2.45, 2.75) is 36.6 Å².